The van der Waals surface area contributed by atoms with Gasteiger partial charge in [-0.15, -0.1) is 0 Å². The van der Waals surface area contributed by atoms with Gasteiger partial charge in [0.1, 0.15) is 0 Å². The van der Waals surface area contributed by atoms with Crippen molar-refractivity contribution < 1.29 is 4.79 Å². The number of nitrogens with one attached hydrogen (secondary N) is 1. The highest BCUT2D eigenvalue weighted by Crippen LogP contribution is 2.21. The summed E-state index contributed by atoms with van der Waals surface area (Å²) in [5, 5.41) is 7.94. The molecule has 0 spiro atoms. The lowest BCUT2D eigenvalue weighted by Gasteiger charge is -2.17. The number of anilines is 1. The Morgan fingerprint density at radius 1 is 1.15 bits per heavy atom. The summed E-state index contributed by atoms with van der Waals surface area (Å²) in [6.07, 6.45) is 2.62. The van der Waals surface area contributed by atoms with Gasteiger partial charge in [-0.25, -0.2) is 4.68 Å². The first-order chi connectivity index (χ1) is 13.1. The molecule has 1 amide bonds. The molecular weight excluding hydrogens is 404 g/mol. The number of carbonyl (C=O) groups excluding carboxylic acids is 1. The molecule has 3 aromatic rings. The number of hydrogen-bond donors (Lipinski definition) is 1. The van der Waals surface area contributed by atoms with Crippen molar-refractivity contribution in [2.45, 2.75) is 19.4 Å². The summed E-state index contributed by atoms with van der Waals surface area (Å²) in [5.41, 5.74) is 3.57. The molecule has 1 saturated heterocycles. The van der Waals surface area contributed by atoms with Crippen molar-refractivity contribution in [1.29, 1.82) is 0 Å². The van der Waals surface area contributed by atoms with Crippen molar-refractivity contribution in [1.82, 2.24) is 14.7 Å². The van der Waals surface area contributed by atoms with Crippen LogP contribution in [0.1, 0.15) is 22.5 Å². The zero-order chi connectivity index (χ0) is 18.8. The average molecular weight is 425 g/mol. The van der Waals surface area contributed by atoms with Gasteiger partial charge in [-0.2, -0.15) is 5.10 Å². The number of likely N-dealkylation sites (tertiary alicyclic amines) is 1. The first-order valence-corrected chi connectivity index (χ1v) is 9.82. The summed E-state index contributed by atoms with van der Waals surface area (Å²) in [7, 11) is 0. The summed E-state index contributed by atoms with van der Waals surface area (Å²) in [5.74, 6) is 0.0493. The van der Waals surface area contributed by atoms with Crippen LogP contribution in [0, 0.1) is 6.92 Å². The van der Waals surface area contributed by atoms with Gasteiger partial charge in [-0.05, 0) is 49.7 Å². The van der Waals surface area contributed by atoms with Crippen molar-refractivity contribution in [2.24, 2.45) is 0 Å². The van der Waals surface area contributed by atoms with Crippen LogP contribution in [0.2, 0.25) is 0 Å². The normalized spacial score (nSPS) is 16.5. The SMILES string of the molecule is Cc1c(C(=O)N2CCC(Nc3ccccc3)C2)cnn1-c1ccc(Br)cc1. The monoisotopic (exact) mass is 424 g/mol. The second-order valence-electron chi connectivity index (χ2n) is 6.78. The Hall–Kier alpha value is -2.60. The predicted octanol–water partition coefficient (Wildman–Crippen LogP) is 4.27. The largest absolute Gasteiger partial charge is 0.380 e. The fourth-order valence-electron chi connectivity index (χ4n) is 3.47. The molecule has 4 rings (SSSR count). The highest BCUT2D eigenvalue weighted by atomic mass is 79.9. The lowest BCUT2D eigenvalue weighted by Crippen LogP contribution is -2.31. The van der Waals surface area contributed by atoms with Crippen LogP contribution < -0.4 is 5.32 Å². The summed E-state index contributed by atoms with van der Waals surface area (Å²) in [4.78, 5) is 14.9. The maximum absolute atomic E-state index is 13.0. The number of benzene rings is 2. The third-order valence-corrected chi connectivity index (χ3v) is 5.46. The van der Waals surface area contributed by atoms with Gasteiger partial charge in [0.15, 0.2) is 0 Å². The second kappa shape index (κ2) is 7.56. The highest BCUT2D eigenvalue weighted by Gasteiger charge is 2.29. The van der Waals surface area contributed by atoms with Gasteiger partial charge >= 0.3 is 0 Å². The van der Waals surface area contributed by atoms with E-state index in [9.17, 15) is 4.79 Å². The Labute approximate surface area is 167 Å². The molecule has 1 fully saturated rings. The molecule has 1 unspecified atom stereocenters. The van der Waals surface area contributed by atoms with E-state index >= 15 is 0 Å². The molecule has 2 aromatic carbocycles. The Bertz CT molecular complexity index is 937. The van der Waals surface area contributed by atoms with E-state index in [2.05, 4.69) is 38.5 Å². The first kappa shape index (κ1) is 17.8. The predicted molar refractivity (Wildman–Crippen MR) is 110 cm³/mol. The van der Waals surface area contributed by atoms with E-state index in [4.69, 9.17) is 0 Å². The fraction of sp³-hybridized carbons (Fsp3) is 0.238. The van der Waals surface area contributed by atoms with Crippen molar-refractivity contribution >= 4 is 27.5 Å². The van der Waals surface area contributed by atoms with Crippen LogP contribution >= 0.6 is 15.9 Å². The molecule has 0 radical (unpaired) electrons. The quantitative estimate of drug-likeness (QED) is 0.680. The smallest absolute Gasteiger partial charge is 0.257 e. The molecule has 0 aliphatic carbocycles. The second-order valence-corrected chi connectivity index (χ2v) is 7.69. The van der Waals surface area contributed by atoms with Crippen LogP contribution in [-0.4, -0.2) is 39.7 Å². The van der Waals surface area contributed by atoms with Crippen molar-refractivity contribution in [3.8, 4) is 5.69 Å². The number of hydrogen-bond acceptors (Lipinski definition) is 3. The number of aromatic nitrogens is 2. The van der Waals surface area contributed by atoms with Gasteiger partial charge in [0.2, 0.25) is 0 Å². The number of nitrogens with zero attached hydrogens (tertiary/aromatic N) is 3. The molecule has 1 N–H and O–H groups in total. The summed E-state index contributed by atoms with van der Waals surface area (Å²) >= 11 is 3.44. The summed E-state index contributed by atoms with van der Waals surface area (Å²) in [6, 6.07) is 18.3. The molecule has 1 aliphatic rings. The van der Waals surface area contributed by atoms with Gasteiger partial charge < -0.3 is 10.2 Å². The van der Waals surface area contributed by atoms with E-state index in [-0.39, 0.29) is 11.9 Å². The molecule has 0 bridgehead atoms. The van der Waals surface area contributed by atoms with Gasteiger partial charge in [0.25, 0.3) is 5.91 Å². The van der Waals surface area contributed by atoms with Crippen molar-refractivity contribution in [3.63, 3.8) is 0 Å². The minimum absolute atomic E-state index is 0.0493. The van der Waals surface area contributed by atoms with Crippen LogP contribution in [-0.2, 0) is 0 Å². The lowest BCUT2D eigenvalue weighted by molar-refractivity contribution is 0.0791. The number of carbonyl (C=O) groups is 1. The lowest BCUT2D eigenvalue weighted by atomic mass is 10.2. The Morgan fingerprint density at radius 2 is 1.89 bits per heavy atom. The zero-order valence-corrected chi connectivity index (χ0v) is 16.7. The van der Waals surface area contributed by atoms with Crippen LogP contribution in [0.3, 0.4) is 0 Å². The van der Waals surface area contributed by atoms with Gasteiger partial charge in [-0.1, -0.05) is 34.1 Å². The van der Waals surface area contributed by atoms with Gasteiger partial charge in [0, 0.05) is 29.3 Å². The van der Waals surface area contributed by atoms with Crippen LogP contribution in [0.5, 0.6) is 0 Å². The average Bonchev–Trinajstić information content (AvgIpc) is 3.30. The summed E-state index contributed by atoms with van der Waals surface area (Å²) in [6.45, 7) is 3.40. The maximum atomic E-state index is 13.0. The van der Waals surface area contributed by atoms with Gasteiger partial charge in [0.05, 0.1) is 23.1 Å². The molecule has 2 heterocycles. The van der Waals surface area contributed by atoms with Crippen LogP contribution in [0.4, 0.5) is 5.69 Å². The molecule has 1 atom stereocenters. The summed E-state index contributed by atoms with van der Waals surface area (Å²) < 4.78 is 2.83. The number of amides is 1. The molecule has 0 saturated carbocycles. The van der Waals surface area contributed by atoms with Gasteiger partial charge in [-0.3, -0.25) is 4.79 Å². The molecule has 138 valence electrons. The topological polar surface area (TPSA) is 50.2 Å². The van der Waals surface area contributed by atoms with E-state index in [1.165, 1.54) is 0 Å². The molecule has 5 nitrogen and oxygen atoms in total. The minimum Gasteiger partial charge on any atom is -0.380 e. The Balaban J connectivity index is 1.46. The van der Waals surface area contributed by atoms with E-state index < -0.39 is 0 Å². The molecule has 1 aliphatic heterocycles. The van der Waals surface area contributed by atoms with E-state index in [1.54, 1.807) is 6.20 Å². The maximum Gasteiger partial charge on any atom is 0.257 e. The third kappa shape index (κ3) is 3.76. The van der Waals surface area contributed by atoms with Crippen molar-refractivity contribution in [2.75, 3.05) is 18.4 Å². The Kier molecular flexibility index (Phi) is 4.99. The molecule has 1 aromatic heterocycles. The highest BCUT2D eigenvalue weighted by molar-refractivity contribution is 9.10. The fourth-order valence-corrected chi connectivity index (χ4v) is 3.73. The number of para-hydroxylation sites is 1. The van der Waals surface area contributed by atoms with E-state index in [1.807, 2.05) is 59.0 Å². The molecular formula is C21H21BrN4O. The van der Waals surface area contributed by atoms with E-state index in [0.717, 1.165) is 34.5 Å². The third-order valence-electron chi connectivity index (χ3n) is 4.93. The zero-order valence-electron chi connectivity index (χ0n) is 15.1. The number of rotatable bonds is 4. The standard InChI is InChI=1S/C21H21BrN4O/c1-15-20(13-23-26(15)19-9-7-16(22)8-10-19)21(27)25-12-11-18(14-25)24-17-5-3-2-4-6-17/h2-10,13,18,24H,11-12,14H2,1H3. The molecule has 27 heavy (non-hydrogen) atoms. The van der Waals surface area contributed by atoms with Crippen molar-refractivity contribution in [3.05, 3.63) is 76.5 Å². The minimum atomic E-state index is 0.0493. The Morgan fingerprint density at radius 3 is 2.63 bits per heavy atom. The van der Waals surface area contributed by atoms with Crippen LogP contribution in [0.25, 0.3) is 5.69 Å². The number of halogens is 1. The molecule has 6 heteroatoms. The first-order valence-electron chi connectivity index (χ1n) is 9.03. The van der Waals surface area contributed by atoms with E-state index in [0.29, 0.717) is 12.1 Å². The van der Waals surface area contributed by atoms with Crippen LogP contribution in [0.15, 0.2) is 65.3 Å².